The molecular formula is C16H21N3O3S. The number of thiazole rings is 1. The number of nitrogens with one attached hydrogen (secondary N) is 1. The van der Waals surface area contributed by atoms with Gasteiger partial charge in [0.1, 0.15) is 6.23 Å². The van der Waals surface area contributed by atoms with Crippen molar-refractivity contribution in [2.75, 3.05) is 6.54 Å². The first-order valence-electron chi connectivity index (χ1n) is 7.66. The van der Waals surface area contributed by atoms with E-state index in [0.717, 1.165) is 15.8 Å². The standard InChI is InChI=1S/C16H21N3O3S/c1-8(2)19-15(21)11(7-17-19)14(20)10-5-6-12-13(9(10)3)18(4)16(22)23-12/h5-6,8,11,15,17,21H,7H2,1-4H3. The molecule has 7 heteroatoms. The van der Waals surface area contributed by atoms with E-state index in [9.17, 15) is 14.7 Å². The molecule has 0 radical (unpaired) electrons. The van der Waals surface area contributed by atoms with Crippen molar-refractivity contribution in [2.45, 2.75) is 33.0 Å². The van der Waals surface area contributed by atoms with Gasteiger partial charge in [0.2, 0.25) is 0 Å². The lowest BCUT2D eigenvalue weighted by molar-refractivity contribution is -0.0264. The van der Waals surface area contributed by atoms with Gasteiger partial charge in [-0.25, -0.2) is 5.01 Å². The monoisotopic (exact) mass is 335 g/mol. The van der Waals surface area contributed by atoms with Crippen LogP contribution in [0.2, 0.25) is 0 Å². The molecule has 1 aromatic heterocycles. The Labute approximate surface area is 138 Å². The maximum absolute atomic E-state index is 12.9. The smallest absolute Gasteiger partial charge is 0.307 e. The summed E-state index contributed by atoms with van der Waals surface area (Å²) < 4.78 is 2.45. The van der Waals surface area contributed by atoms with Gasteiger partial charge < -0.3 is 9.67 Å². The SMILES string of the molecule is Cc1c(C(=O)C2CNN(C(C)C)C2O)ccc2sc(=O)n(C)c12. The van der Waals surface area contributed by atoms with Crippen LogP contribution in [0, 0.1) is 12.8 Å². The number of Topliss-reactive ketones (excluding diaryl/α,β-unsaturated/α-hetero) is 1. The van der Waals surface area contributed by atoms with Crippen LogP contribution in [0.1, 0.15) is 29.8 Å². The number of aliphatic hydroxyl groups is 1. The van der Waals surface area contributed by atoms with Crippen LogP contribution in [0.25, 0.3) is 10.2 Å². The Morgan fingerprint density at radius 2 is 2.13 bits per heavy atom. The molecule has 2 heterocycles. The number of carbonyl (C=O) groups excluding carboxylic acids is 1. The van der Waals surface area contributed by atoms with Crippen LogP contribution in [0.15, 0.2) is 16.9 Å². The third-order valence-electron chi connectivity index (χ3n) is 4.50. The predicted octanol–water partition coefficient (Wildman–Crippen LogP) is 1.25. The molecule has 0 saturated carbocycles. The first-order chi connectivity index (χ1) is 10.8. The minimum atomic E-state index is -0.844. The summed E-state index contributed by atoms with van der Waals surface area (Å²) in [5.41, 5.74) is 5.25. The molecule has 1 aliphatic rings. The lowest BCUT2D eigenvalue weighted by Gasteiger charge is -2.25. The van der Waals surface area contributed by atoms with E-state index in [1.54, 1.807) is 22.7 Å². The van der Waals surface area contributed by atoms with Gasteiger partial charge in [0, 0.05) is 25.2 Å². The summed E-state index contributed by atoms with van der Waals surface area (Å²) in [6.07, 6.45) is -0.844. The molecular weight excluding hydrogens is 314 g/mol. The van der Waals surface area contributed by atoms with E-state index in [2.05, 4.69) is 5.43 Å². The molecule has 1 saturated heterocycles. The molecule has 3 rings (SSSR count). The van der Waals surface area contributed by atoms with E-state index in [1.165, 1.54) is 11.3 Å². The summed E-state index contributed by atoms with van der Waals surface area (Å²) >= 11 is 1.18. The number of hydrazine groups is 1. The number of aliphatic hydroxyl groups excluding tert-OH is 1. The van der Waals surface area contributed by atoms with Gasteiger partial charge in [-0.15, -0.1) is 0 Å². The van der Waals surface area contributed by atoms with Crippen LogP contribution in [0.3, 0.4) is 0 Å². The second kappa shape index (κ2) is 5.83. The summed E-state index contributed by atoms with van der Waals surface area (Å²) in [6.45, 7) is 6.19. The van der Waals surface area contributed by atoms with Crippen LogP contribution in [0.4, 0.5) is 0 Å². The minimum Gasteiger partial charge on any atom is -0.376 e. The molecule has 1 aliphatic heterocycles. The van der Waals surface area contributed by atoms with Crippen molar-refractivity contribution >= 4 is 27.3 Å². The van der Waals surface area contributed by atoms with Gasteiger partial charge in [-0.2, -0.15) is 0 Å². The zero-order valence-corrected chi connectivity index (χ0v) is 14.5. The highest BCUT2D eigenvalue weighted by Crippen LogP contribution is 2.28. The Balaban J connectivity index is 2.01. The fourth-order valence-corrected chi connectivity index (χ4v) is 4.15. The van der Waals surface area contributed by atoms with E-state index in [-0.39, 0.29) is 16.7 Å². The van der Waals surface area contributed by atoms with Gasteiger partial charge in [0.15, 0.2) is 5.78 Å². The second-order valence-electron chi connectivity index (χ2n) is 6.26. The fraction of sp³-hybridized carbons (Fsp3) is 0.500. The van der Waals surface area contributed by atoms with Crippen LogP contribution >= 0.6 is 11.3 Å². The van der Waals surface area contributed by atoms with Crippen molar-refractivity contribution in [1.29, 1.82) is 0 Å². The number of aromatic nitrogens is 1. The van der Waals surface area contributed by atoms with Gasteiger partial charge in [0.25, 0.3) is 0 Å². The van der Waals surface area contributed by atoms with Crippen LogP contribution in [-0.4, -0.2) is 39.3 Å². The number of ketones is 1. The second-order valence-corrected chi connectivity index (χ2v) is 7.25. The summed E-state index contributed by atoms with van der Waals surface area (Å²) in [7, 11) is 1.72. The Bertz CT molecular complexity index is 824. The number of hydrogen-bond acceptors (Lipinski definition) is 6. The van der Waals surface area contributed by atoms with E-state index in [1.807, 2.05) is 26.8 Å². The topological polar surface area (TPSA) is 74.6 Å². The molecule has 0 spiro atoms. The lowest BCUT2D eigenvalue weighted by Crippen LogP contribution is -2.44. The molecule has 6 nitrogen and oxygen atoms in total. The molecule has 2 unspecified atom stereocenters. The fourth-order valence-electron chi connectivity index (χ4n) is 3.21. The average molecular weight is 335 g/mol. The highest BCUT2D eigenvalue weighted by molar-refractivity contribution is 7.16. The molecule has 2 atom stereocenters. The molecule has 0 aliphatic carbocycles. The first kappa shape index (κ1) is 16.3. The first-order valence-corrected chi connectivity index (χ1v) is 8.47. The maximum atomic E-state index is 12.9. The number of fused-ring (bicyclic) bond motifs is 1. The van der Waals surface area contributed by atoms with E-state index in [0.29, 0.717) is 12.1 Å². The molecule has 0 amide bonds. The summed E-state index contributed by atoms with van der Waals surface area (Å²) in [5, 5.41) is 12.1. The highest BCUT2D eigenvalue weighted by atomic mass is 32.1. The van der Waals surface area contributed by atoms with Gasteiger partial charge >= 0.3 is 4.87 Å². The Morgan fingerprint density at radius 1 is 1.43 bits per heavy atom. The number of benzene rings is 1. The number of rotatable bonds is 3. The van der Waals surface area contributed by atoms with E-state index in [4.69, 9.17) is 0 Å². The minimum absolute atomic E-state index is 0.0405. The molecule has 23 heavy (non-hydrogen) atoms. The van der Waals surface area contributed by atoms with Gasteiger partial charge in [-0.3, -0.25) is 15.0 Å². The summed E-state index contributed by atoms with van der Waals surface area (Å²) in [5.74, 6) is -0.601. The average Bonchev–Trinajstić information content (AvgIpc) is 3.00. The van der Waals surface area contributed by atoms with Crippen molar-refractivity contribution in [2.24, 2.45) is 13.0 Å². The van der Waals surface area contributed by atoms with Gasteiger partial charge in [-0.05, 0) is 38.5 Å². The van der Waals surface area contributed by atoms with Crippen LogP contribution in [-0.2, 0) is 7.05 Å². The molecule has 2 N–H and O–H groups in total. The number of hydrogen-bond donors (Lipinski definition) is 2. The van der Waals surface area contributed by atoms with Crippen LogP contribution in [0.5, 0.6) is 0 Å². The quantitative estimate of drug-likeness (QED) is 0.826. The molecule has 0 bridgehead atoms. The Hall–Kier alpha value is -1.54. The Kier molecular flexibility index (Phi) is 4.14. The van der Waals surface area contributed by atoms with Crippen LogP contribution < -0.4 is 10.3 Å². The van der Waals surface area contributed by atoms with Crippen molar-refractivity contribution < 1.29 is 9.90 Å². The largest absolute Gasteiger partial charge is 0.376 e. The third-order valence-corrected chi connectivity index (χ3v) is 5.50. The molecule has 2 aromatic rings. The number of aryl methyl sites for hydroxylation is 2. The predicted molar refractivity (Wildman–Crippen MR) is 90.6 cm³/mol. The zero-order chi connectivity index (χ0) is 16.9. The highest BCUT2D eigenvalue weighted by Gasteiger charge is 2.39. The van der Waals surface area contributed by atoms with Gasteiger partial charge in [-0.1, -0.05) is 11.3 Å². The van der Waals surface area contributed by atoms with Crippen molar-refractivity contribution in [3.63, 3.8) is 0 Å². The normalized spacial score (nSPS) is 22.3. The van der Waals surface area contributed by atoms with E-state index < -0.39 is 12.1 Å². The molecule has 1 aromatic carbocycles. The summed E-state index contributed by atoms with van der Waals surface area (Å²) in [6, 6.07) is 3.68. The maximum Gasteiger partial charge on any atom is 0.307 e. The Morgan fingerprint density at radius 3 is 2.74 bits per heavy atom. The zero-order valence-electron chi connectivity index (χ0n) is 13.7. The molecule has 124 valence electrons. The van der Waals surface area contributed by atoms with Crippen molar-refractivity contribution in [3.8, 4) is 0 Å². The van der Waals surface area contributed by atoms with Gasteiger partial charge in [0.05, 0.1) is 16.1 Å². The number of nitrogens with zero attached hydrogens (tertiary/aromatic N) is 2. The lowest BCUT2D eigenvalue weighted by atomic mass is 9.93. The summed E-state index contributed by atoms with van der Waals surface area (Å²) in [4.78, 5) is 24.7. The number of carbonyl (C=O) groups is 1. The van der Waals surface area contributed by atoms with Crippen molar-refractivity contribution in [1.82, 2.24) is 15.0 Å². The van der Waals surface area contributed by atoms with Crippen molar-refractivity contribution in [3.05, 3.63) is 32.9 Å². The third kappa shape index (κ3) is 2.53. The van der Waals surface area contributed by atoms with E-state index >= 15 is 0 Å². The molecule has 1 fully saturated rings.